The van der Waals surface area contributed by atoms with Crippen molar-refractivity contribution in [3.63, 3.8) is 0 Å². The fraction of sp³-hybridized carbons (Fsp3) is 0.900. The van der Waals surface area contributed by atoms with Gasteiger partial charge < -0.3 is 9.64 Å². The molecule has 3 aliphatic rings. The van der Waals surface area contributed by atoms with Crippen LogP contribution in [-0.2, 0) is 9.53 Å². The number of ether oxygens (including phenoxy) is 1. The predicted molar refractivity (Wildman–Crippen MR) is 47.2 cm³/mol. The van der Waals surface area contributed by atoms with Crippen molar-refractivity contribution in [2.45, 2.75) is 25.3 Å². The molecule has 3 fully saturated rings. The van der Waals surface area contributed by atoms with Gasteiger partial charge in [0.05, 0.1) is 19.1 Å². The van der Waals surface area contributed by atoms with E-state index in [0.717, 1.165) is 12.5 Å². The molecule has 2 aliphatic heterocycles. The van der Waals surface area contributed by atoms with Gasteiger partial charge in [0, 0.05) is 12.6 Å². The van der Waals surface area contributed by atoms with E-state index in [0.29, 0.717) is 25.2 Å². The fourth-order valence-electron chi connectivity index (χ4n) is 2.81. The van der Waals surface area contributed by atoms with Crippen molar-refractivity contribution in [1.29, 1.82) is 0 Å². The van der Waals surface area contributed by atoms with Gasteiger partial charge >= 0.3 is 0 Å². The lowest BCUT2D eigenvalue weighted by Crippen LogP contribution is -2.47. The standard InChI is InChI=1S/C10H15NO2/c12-10(8-5-13-6-8)11-4-7-1-2-9(11)3-7/h7-9H,1-6H2. The van der Waals surface area contributed by atoms with Crippen molar-refractivity contribution < 1.29 is 9.53 Å². The Labute approximate surface area is 78.0 Å². The minimum atomic E-state index is 0.194. The average Bonchev–Trinajstić information content (AvgIpc) is 2.59. The van der Waals surface area contributed by atoms with Crippen molar-refractivity contribution in [2.75, 3.05) is 19.8 Å². The second kappa shape index (κ2) is 2.71. The summed E-state index contributed by atoms with van der Waals surface area (Å²) < 4.78 is 5.05. The first-order valence-electron chi connectivity index (χ1n) is 5.23. The van der Waals surface area contributed by atoms with Crippen LogP contribution in [0.3, 0.4) is 0 Å². The van der Waals surface area contributed by atoms with Crippen molar-refractivity contribution in [3.8, 4) is 0 Å². The van der Waals surface area contributed by atoms with Crippen LogP contribution in [0, 0.1) is 11.8 Å². The Bertz CT molecular complexity index is 237. The second-order valence-corrected chi connectivity index (χ2v) is 4.56. The highest BCUT2D eigenvalue weighted by Crippen LogP contribution is 2.38. The van der Waals surface area contributed by atoms with Crippen LogP contribution in [0.1, 0.15) is 19.3 Å². The van der Waals surface area contributed by atoms with Crippen LogP contribution in [0.15, 0.2) is 0 Å². The largest absolute Gasteiger partial charge is 0.380 e. The number of rotatable bonds is 1. The zero-order chi connectivity index (χ0) is 8.84. The van der Waals surface area contributed by atoms with Crippen molar-refractivity contribution in [2.24, 2.45) is 11.8 Å². The summed E-state index contributed by atoms with van der Waals surface area (Å²) in [5.74, 6) is 1.37. The molecule has 1 saturated carbocycles. The lowest BCUT2D eigenvalue weighted by Gasteiger charge is -2.34. The normalized spacial score (nSPS) is 38.0. The first-order valence-corrected chi connectivity index (χ1v) is 5.23. The minimum Gasteiger partial charge on any atom is -0.380 e. The molecule has 0 spiro atoms. The number of piperidine rings is 1. The van der Waals surface area contributed by atoms with Gasteiger partial charge in [-0.05, 0) is 25.2 Å². The molecule has 2 saturated heterocycles. The van der Waals surface area contributed by atoms with E-state index < -0.39 is 0 Å². The highest BCUT2D eigenvalue weighted by Gasteiger charge is 2.43. The summed E-state index contributed by atoms with van der Waals surface area (Å²) in [6, 6.07) is 0.582. The Morgan fingerprint density at radius 1 is 1.31 bits per heavy atom. The molecule has 0 aromatic heterocycles. The number of nitrogens with zero attached hydrogens (tertiary/aromatic N) is 1. The van der Waals surface area contributed by atoms with E-state index in [1.165, 1.54) is 19.3 Å². The molecule has 0 aromatic rings. The number of carbonyl (C=O) groups excluding carboxylic acids is 1. The van der Waals surface area contributed by atoms with Gasteiger partial charge in [0.25, 0.3) is 0 Å². The molecule has 2 heterocycles. The molecule has 3 rings (SSSR count). The minimum absolute atomic E-state index is 0.194. The van der Waals surface area contributed by atoms with E-state index in [-0.39, 0.29) is 5.92 Å². The van der Waals surface area contributed by atoms with Crippen LogP contribution < -0.4 is 0 Å². The monoisotopic (exact) mass is 181 g/mol. The second-order valence-electron chi connectivity index (χ2n) is 4.56. The van der Waals surface area contributed by atoms with Gasteiger partial charge in [-0.15, -0.1) is 0 Å². The Hall–Kier alpha value is -0.570. The molecular weight excluding hydrogens is 166 g/mol. The third-order valence-corrected chi connectivity index (χ3v) is 3.68. The molecule has 2 unspecified atom stereocenters. The van der Waals surface area contributed by atoms with Crippen LogP contribution in [0.25, 0.3) is 0 Å². The maximum atomic E-state index is 11.9. The first kappa shape index (κ1) is 7.80. The number of amides is 1. The number of fused-ring (bicyclic) bond motifs is 2. The summed E-state index contributed by atoms with van der Waals surface area (Å²) in [5, 5.41) is 0. The predicted octanol–water partition coefficient (Wildman–Crippen LogP) is 0.644. The summed E-state index contributed by atoms with van der Waals surface area (Å²) in [7, 11) is 0. The number of carbonyl (C=O) groups is 1. The Balaban J connectivity index is 1.68. The summed E-state index contributed by atoms with van der Waals surface area (Å²) >= 11 is 0. The zero-order valence-corrected chi connectivity index (χ0v) is 7.74. The molecule has 72 valence electrons. The summed E-state index contributed by atoms with van der Waals surface area (Å²) in [6.45, 7) is 2.35. The van der Waals surface area contributed by atoms with Crippen LogP contribution >= 0.6 is 0 Å². The lowest BCUT2D eigenvalue weighted by molar-refractivity contribution is -0.151. The average molecular weight is 181 g/mol. The summed E-state index contributed by atoms with van der Waals surface area (Å²) in [5.41, 5.74) is 0. The van der Waals surface area contributed by atoms with Gasteiger partial charge in [0.15, 0.2) is 0 Å². The molecular formula is C10H15NO2. The van der Waals surface area contributed by atoms with Crippen LogP contribution in [0.5, 0.6) is 0 Å². The quantitative estimate of drug-likeness (QED) is 0.594. The molecule has 0 radical (unpaired) electrons. The van der Waals surface area contributed by atoms with E-state index in [9.17, 15) is 4.79 Å². The smallest absolute Gasteiger partial charge is 0.230 e. The molecule has 13 heavy (non-hydrogen) atoms. The third-order valence-electron chi connectivity index (χ3n) is 3.68. The number of hydrogen-bond donors (Lipinski definition) is 0. The van der Waals surface area contributed by atoms with E-state index in [4.69, 9.17) is 4.74 Å². The van der Waals surface area contributed by atoms with Crippen molar-refractivity contribution in [3.05, 3.63) is 0 Å². The highest BCUT2D eigenvalue weighted by atomic mass is 16.5. The molecule has 1 aliphatic carbocycles. The van der Waals surface area contributed by atoms with Gasteiger partial charge in [0.1, 0.15) is 0 Å². The maximum Gasteiger partial charge on any atom is 0.230 e. The molecule has 2 atom stereocenters. The van der Waals surface area contributed by atoms with Crippen LogP contribution in [0.2, 0.25) is 0 Å². The SMILES string of the molecule is O=C(C1COC1)N1CC2CCC1C2. The Morgan fingerprint density at radius 2 is 2.15 bits per heavy atom. The molecule has 1 amide bonds. The van der Waals surface area contributed by atoms with Gasteiger partial charge in [-0.2, -0.15) is 0 Å². The van der Waals surface area contributed by atoms with Gasteiger partial charge in [-0.1, -0.05) is 0 Å². The van der Waals surface area contributed by atoms with Crippen molar-refractivity contribution in [1.82, 2.24) is 4.90 Å². The topological polar surface area (TPSA) is 29.5 Å². The van der Waals surface area contributed by atoms with E-state index in [1.54, 1.807) is 0 Å². The highest BCUT2D eigenvalue weighted by molar-refractivity contribution is 5.80. The maximum absolute atomic E-state index is 11.9. The summed E-state index contributed by atoms with van der Waals surface area (Å²) in [6.07, 6.45) is 3.85. The van der Waals surface area contributed by atoms with Gasteiger partial charge in [-0.25, -0.2) is 0 Å². The van der Waals surface area contributed by atoms with E-state index >= 15 is 0 Å². The number of likely N-dealkylation sites (tertiary alicyclic amines) is 1. The lowest BCUT2D eigenvalue weighted by atomic mass is 10.0. The van der Waals surface area contributed by atoms with E-state index in [1.807, 2.05) is 0 Å². The zero-order valence-electron chi connectivity index (χ0n) is 7.74. The molecule has 0 N–H and O–H groups in total. The Kier molecular flexibility index (Phi) is 1.62. The molecule has 2 bridgehead atoms. The third kappa shape index (κ3) is 1.10. The molecule has 0 aromatic carbocycles. The van der Waals surface area contributed by atoms with Crippen LogP contribution in [-0.4, -0.2) is 36.6 Å². The van der Waals surface area contributed by atoms with Crippen LogP contribution in [0.4, 0.5) is 0 Å². The van der Waals surface area contributed by atoms with E-state index in [2.05, 4.69) is 4.90 Å². The first-order chi connectivity index (χ1) is 6.34. The molecule has 3 nitrogen and oxygen atoms in total. The number of hydrogen-bond acceptors (Lipinski definition) is 2. The molecule has 3 heteroatoms. The Morgan fingerprint density at radius 3 is 2.62 bits per heavy atom. The fourth-order valence-corrected chi connectivity index (χ4v) is 2.81. The summed E-state index contributed by atoms with van der Waals surface area (Å²) in [4.78, 5) is 14.0. The van der Waals surface area contributed by atoms with Gasteiger partial charge in [0.2, 0.25) is 5.91 Å². The van der Waals surface area contributed by atoms with Crippen molar-refractivity contribution >= 4 is 5.91 Å². The van der Waals surface area contributed by atoms with Gasteiger partial charge in [-0.3, -0.25) is 4.79 Å².